The van der Waals surface area contributed by atoms with Gasteiger partial charge in [0.05, 0.1) is 0 Å². The van der Waals surface area contributed by atoms with Crippen LogP contribution in [0.3, 0.4) is 0 Å². The molecule has 52 heavy (non-hydrogen) atoms. The molecule has 2 heteroatoms. The van der Waals surface area contributed by atoms with Crippen molar-refractivity contribution < 1.29 is 9.15 Å². The van der Waals surface area contributed by atoms with E-state index in [0.717, 1.165) is 60.7 Å². The number of hydrogen-bond acceptors (Lipinski definition) is 2. The second-order valence-electron chi connectivity index (χ2n) is 14.3. The molecule has 0 fully saturated rings. The highest BCUT2D eigenvalue weighted by molar-refractivity contribution is 6.30. The van der Waals surface area contributed by atoms with Crippen molar-refractivity contribution in [3.63, 3.8) is 0 Å². The molecule has 238 valence electrons. The molecule has 0 unspecified atom stereocenters. The third-order valence-corrected chi connectivity index (χ3v) is 11.8. The van der Waals surface area contributed by atoms with E-state index in [4.69, 9.17) is 9.15 Å². The first kappa shape index (κ1) is 26.9. The predicted molar refractivity (Wildman–Crippen MR) is 218 cm³/mol. The van der Waals surface area contributed by atoms with Crippen molar-refractivity contribution in [2.24, 2.45) is 0 Å². The Morgan fingerprint density at radius 3 is 1.65 bits per heavy atom. The fraction of sp³-hybridized carbons (Fsp3) is 0. The summed E-state index contributed by atoms with van der Waals surface area (Å²) in [5, 5.41) is 19.4. The lowest BCUT2D eigenvalue weighted by Gasteiger charge is -2.23. The van der Waals surface area contributed by atoms with E-state index in [1.165, 1.54) is 70.4 Å². The monoisotopic (exact) mass is 658 g/mol. The van der Waals surface area contributed by atoms with E-state index in [1.54, 1.807) is 0 Å². The second kappa shape index (κ2) is 9.45. The molecule has 0 saturated heterocycles. The summed E-state index contributed by atoms with van der Waals surface area (Å²) >= 11 is 0. The fourth-order valence-electron chi connectivity index (χ4n) is 9.47. The van der Waals surface area contributed by atoms with Gasteiger partial charge < -0.3 is 9.15 Å². The van der Waals surface area contributed by atoms with E-state index in [1.807, 2.05) is 0 Å². The Bertz CT molecular complexity index is 3530. The smallest absolute Gasteiger partial charge is 0.144 e. The van der Waals surface area contributed by atoms with Crippen LogP contribution in [0, 0.1) is 0 Å². The molecule has 11 aromatic carbocycles. The normalized spacial score (nSPS) is 12.8. The summed E-state index contributed by atoms with van der Waals surface area (Å²) in [7, 11) is 0. The quantitative estimate of drug-likeness (QED) is 0.173. The van der Waals surface area contributed by atoms with Crippen LogP contribution in [0.1, 0.15) is 0 Å². The zero-order valence-electron chi connectivity index (χ0n) is 27.8. The second-order valence-corrected chi connectivity index (χ2v) is 14.3. The minimum Gasteiger partial charge on any atom is -0.455 e. The summed E-state index contributed by atoms with van der Waals surface area (Å²) in [5.41, 5.74) is 6.21. The average Bonchev–Trinajstić information content (AvgIpc) is 3.60. The third-order valence-electron chi connectivity index (χ3n) is 11.8. The molecule has 1 aliphatic rings. The van der Waals surface area contributed by atoms with Gasteiger partial charge in [-0.25, -0.2) is 0 Å². The van der Waals surface area contributed by atoms with Crippen LogP contribution in [0.4, 0.5) is 0 Å². The molecule has 13 rings (SSSR count). The van der Waals surface area contributed by atoms with Crippen LogP contribution in [-0.4, -0.2) is 0 Å². The molecule has 0 radical (unpaired) electrons. The van der Waals surface area contributed by atoms with Crippen molar-refractivity contribution in [2.45, 2.75) is 0 Å². The number of ether oxygens (including phenoxy) is 1. The first-order valence-electron chi connectivity index (χ1n) is 17.9. The number of hydrogen-bond donors (Lipinski definition) is 0. The molecule has 0 bridgehead atoms. The molecule has 0 atom stereocenters. The van der Waals surface area contributed by atoms with Crippen LogP contribution in [0.15, 0.2) is 162 Å². The van der Waals surface area contributed by atoms with E-state index < -0.39 is 0 Å². The Labute approximate surface area is 297 Å². The lowest BCUT2D eigenvalue weighted by molar-refractivity contribution is 0.494. The molecule has 0 amide bonds. The standard InChI is InChI=1S/C50H26O2/c1-2-9-34-27(5-1)17-24-40-47-37(35-21-18-31-13-11-28-6-3-7-29-19-22-36(35)43(31)42(28)29)25-26-39(50(47)52-48(34)40)38-23-20-33-16-15-32-14-12-30-8-4-10-41-44(30)45(32)46(33)49(38)51-41/h1-26H. The number of furan rings is 1. The van der Waals surface area contributed by atoms with Crippen LogP contribution < -0.4 is 4.74 Å². The van der Waals surface area contributed by atoms with E-state index in [0.29, 0.717) is 0 Å². The van der Waals surface area contributed by atoms with Crippen molar-refractivity contribution in [1.82, 2.24) is 0 Å². The number of rotatable bonds is 2. The minimum absolute atomic E-state index is 0.873. The van der Waals surface area contributed by atoms with E-state index in [2.05, 4.69) is 158 Å². The third kappa shape index (κ3) is 3.30. The summed E-state index contributed by atoms with van der Waals surface area (Å²) in [6.07, 6.45) is 0. The fourth-order valence-corrected chi connectivity index (χ4v) is 9.47. The van der Waals surface area contributed by atoms with E-state index >= 15 is 0 Å². The SMILES string of the molecule is c1ccc2c(c1)ccc1c2oc2c(-c3ccc4ccc5ccc6cccc7c6c5c4c3O7)ccc(-c3ccc4ccc5cccc6ccc3c4c56)c21. The van der Waals surface area contributed by atoms with Gasteiger partial charge in [0, 0.05) is 43.4 Å². The van der Waals surface area contributed by atoms with E-state index in [-0.39, 0.29) is 0 Å². The maximum Gasteiger partial charge on any atom is 0.144 e. The minimum atomic E-state index is 0.873. The molecule has 2 heterocycles. The van der Waals surface area contributed by atoms with Crippen LogP contribution in [0.2, 0.25) is 0 Å². The zero-order valence-corrected chi connectivity index (χ0v) is 27.8. The maximum absolute atomic E-state index is 7.16. The largest absolute Gasteiger partial charge is 0.455 e. The highest BCUT2D eigenvalue weighted by atomic mass is 16.5. The van der Waals surface area contributed by atoms with E-state index in [9.17, 15) is 0 Å². The summed E-state index contributed by atoms with van der Waals surface area (Å²) in [5.74, 6) is 1.78. The lowest BCUT2D eigenvalue weighted by Crippen LogP contribution is -1.97. The summed E-state index contributed by atoms with van der Waals surface area (Å²) < 4.78 is 14.1. The van der Waals surface area contributed by atoms with Crippen LogP contribution in [-0.2, 0) is 0 Å². The van der Waals surface area contributed by atoms with Gasteiger partial charge in [-0.05, 0) is 89.3 Å². The first-order chi connectivity index (χ1) is 25.8. The molecule has 2 nitrogen and oxygen atoms in total. The van der Waals surface area contributed by atoms with Crippen molar-refractivity contribution in [2.75, 3.05) is 0 Å². The van der Waals surface area contributed by atoms with Gasteiger partial charge in [0.1, 0.15) is 22.7 Å². The lowest BCUT2D eigenvalue weighted by atomic mass is 9.87. The van der Waals surface area contributed by atoms with Crippen molar-refractivity contribution >= 4 is 97.3 Å². The highest BCUT2D eigenvalue weighted by Gasteiger charge is 2.26. The molecular weight excluding hydrogens is 633 g/mol. The van der Waals surface area contributed by atoms with Gasteiger partial charge in [0.15, 0.2) is 0 Å². The predicted octanol–water partition coefficient (Wildman–Crippen LogP) is 14.5. The van der Waals surface area contributed by atoms with Crippen LogP contribution in [0.25, 0.3) is 120 Å². The highest BCUT2D eigenvalue weighted by Crippen LogP contribution is 2.53. The van der Waals surface area contributed by atoms with Gasteiger partial charge >= 0.3 is 0 Å². The molecular formula is C50H26O2. The first-order valence-corrected chi connectivity index (χ1v) is 17.9. The molecule has 1 aromatic heterocycles. The summed E-state index contributed by atoms with van der Waals surface area (Å²) in [6, 6.07) is 57.5. The van der Waals surface area contributed by atoms with Crippen LogP contribution in [0.5, 0.6) is 11.5 Å². The number of benzene rings is 11. The Morgan fingerprint density at radius 1 is 0.269 bits per heavy atom. The Morgan fingerprint density at radius 2 is 0.827 bits per heavy atom. The van der Waals surface area contributed by atoms with Gasteiger partial charge in [0.2, 0.25) is 0 Å². The molecule has 0 N–H and O–H groups in total. The molecule has 0 saturated carbocycles. The number of fused-ring (bicyclic) bond motifs is 5. The Balaban J connectivity index is 1.17. The average molecular weight is 659 g/mol. The zero-order chi connectivity index (χ0) is 33.7. The Hall–Kier alpha value is -6.90. The van der Waals surface area contributed by atoms with Gasteiger partial charge in [-0.3, -0.25) is 0 Å². The van der Waals surface area contributed by atoms with Gasteiger partial charge in [-0.2, -0.15) is 0 Å². The van der Waals surface area contributed by atoms with Crippen molar-refractivity contribution in [1.29, 1.82) is 0 Å². The molecule has 0 aliphatic carbocycles. The van der Waals surface area contributed by atoms with Gasteiger partial charge in [0.25, 0.3) is 0 Å². The van der Waals surface area contributed by atoms with Crippen molar-refractivity contribution in [3.05, 3.63) is 158 Å². The molecule has 0 spiro atoms. The maximum atomic E-state index is 7.16. The van der Waals surface area contributed by atoms with Gasteiger partial charge in [-0.15, -0.1) is 0 Å². The van der Waals surface area contributed by atoms with Crippen molar-refractivity contribution in [3.8, 4) is 33.8 Å². The summed E-state index contributed by atoms with van der Waals surface area (Å²) in [6.45, 7) is 0. The summed E-state index contributed by atoms with van der Waals surface area (Å²) in [4.78, 5) is 0. The van der Waals surface area contributed by atoms with Gasteiger partial charge in [-0.1, -0.05) is 133 Å². The molecule has 12 aromatic rings. The topological polar surface area (TPSA) is 22.4 Å². The molecule has 1 aliphatic heterocycles. The Kier molecular flexibility index (Phi) is 4.89. The van der Waals surface area contributed by atoms with Crippen LogP contribution >= 0.6 is 0 Å².